The summed E-state index contributed by atoms with van der Waals surface area (Å²) in [6.45, 7) is 2.41. The maximum atomic E-state index is 5.58. The molecule has 2 aromatic heterocycles. The minimum absolute atomic E-state index is 0.259. The van der Waals surface area contributed by atoms with E-state index >= 15 is 0 Å². The second kappa shape index (κ2) is 8.57. The zero-order chi connectivity index (χ0) is 21.0. The van der Waals surface area contributed by atoms with E-state index in [0.29, 0.717) is 13.1 Å². The molecule has 0 amide bonds. The molecule has 31 heavy (non-hydrogen) atoms. The summed E-state index contributed by atoms with van der Waals surface area (Å²) in [6, 6.07) is 16.3. The van der Waals surface area contributed by atoms with Gasteiger partial charge in [-0.2, -0.15) is 5.10 Å². The standard InChI is InChI=1S/C24H23N5O2/c1-28(16-21-12-25-9-10-26-21)14-20-15-29(13-18-5-3-2-4-6-18)27-24(20)19-7-8-22-23(11-19)31-17-30-22/h2-12,15H,13-14,16-17H2,1H3. The van der Waals surface area contributed by atoms with Crippen LogP contribution in [0.4, 0.5) is 0 Å². The molecule has 0 aliphatic carbocycles. The Labute approximate surface area is 180 Å². The Hall–Kier alpha value is -3.71. The van der Waals surface area contributed by atoms with Crippen molar-refractivity contribution in [2.24, 2.45) is 0 Å². The Balaban J connectivity index is 1.44. The van der Waals surface area contributed by atoms with Gasteiger partial charge in [0.25, 0.3) is 0 Å². The van der Waals surface area contributed by atoms with Crippen LogP contribution in [0.25, 0.3) is 11.3 Å². The fourth-order valence-corrected chi connectivity index (χ4v) is 3.75. The highest BCUT2D eigenvalue weighted by molar-refractivity contribution is 5.67. The third-order valence-corrected chi connectivity index (χ3v) is 5.16. The number of nitrogens with zero attached hydrogens (tertiary/aromatic N) is 5. The molecule has 0 saturated carbocycles. The molecule has 3 heterocycles. The van der Waals surface area contributed by atoms with Crippen molar-refractivity contribution in [3.05, 3.63) is 90.1 Å². The summed E-state index contributed by atoms with van der Waals surface area (Å²) in [7, 11) is 2.08. The van der Waals surface area contributed by atoms with Crippen molar-refractivity contribution in [2.45, 2.75) is 19.6 Å². The van der Waals surface area contributed by atoms with Crippen molar-refractivity contribution >= 4 is 0 Å². The van der Waals surface area contributed by atoms with E-state index in [1.165, 1.54) is 5.56 Å². The van der Waals surface area contributed by atoms with Crippen molar-refractivity contribution < 1.29 is 9.47 Å². The van der Waals surface area contributed by atoms with Gasteiger partial charge in [-0.05, 0) is 30.8 Å². The molecule has 4 aromatic rings. The molecule has 7 heteroatoms. The molecule has 0 radical (unpaired) electrons. The maximum absolute atomic E-state index is 5.58. The topological polar surface area (TPSA) is 65.3 Å². The van der Waals surface area contributed by atoms with Crippen LogP contribution in [0, 0.1) is 0 Å². The minimum Gasteiger partial charge on any atom is -0.454 e. The molecule has 1 aliphatic heterocycles. The van der Waals surface area contributed by atoms with Gasteiger partial charge in [0.2, 0.25) is 6.79 Å². The van der Waals surface area contributed by atoms with Gasteiger partial charge in [0, 0.05) is 49.0 Å². The van der Waals surface area contributed by atoms with Gasteiger partial charge in [0.1, 0.15) is 0 Å². The number of rotatable bonds is 7. The van der Waals surface area contributed by atoms with Gasteiger partial charge in [0.05, 0.1) is 17.9 Å². The summed E-state index contributed by atoms with van der Waals surface area (Å²) in [5.41, 5.74) is 5.24. The first-order valence-electron chi connectivity index (χ1n) is 10.2. The Morgan fingerprint density at radius 3 is 2.71 bits per heavy atom. The lowest BCUT2D eigenvalue weighted by Gasteiger charge is -2.15. The number of benzene rings is 2. The normalized spacial score (nSPS) is 12.5. The lowest BCUT2D eigenvalue weighted by atomic mass is 10.1. The van der Waals surface area contributed by atoms with Crippen molar-refractivity contribution in [2.75, 3.05) is 13.8 Å². The number of aromatic nitrogens is 4. The van der Waals surface area contributed by atoms with Gasteiger partial charge in [-0.1, -0.05) is 30.3 Å². The van der Waals surface area contributed by atoms with Crippen LogP contribution in [0.5, 0.6) is 11.5 Å². The highest BCUT2D eigenvalue weighted by atomic mass is 16.7. The number of ether oxygens (including phenoxy) is 2. The number of fused-ring (bicyclic) bond motifs is 1. The first-order valence-corrected chi connectivity index (χ1v) is 10.2. The Morgan fingerprint density at radius 1 is 1.00 bits per heavy atom. The van der Waals surface area contributed by atoms with E-state index in [4.69, 9.17) is 14.6 Å². The molecule has 156 valence electrons. The van der Waals surface area contributed by atoms with Crippen LogP contribution >= 0.6 is 0 Å². The van der Waals surface area contributed by atoms with Crippen LogP contribution in [-0.2, 0) is 19.6 Å². The summed E-state index contributed by atoms with van der Waals surface area (Å²) < 4.78 is 13.0. The molecule has 0 bridgehead atoms. The summed E-state index contributed by atoms with van der Waals surface area (Å²) in [4.78, 5) is 10.8. The van der Waals surface area contributed by atoms with Gasteiger partial charge < -0.3 is 9.47 Å². The highest BCUT2D eigenvalue weighted by Gasteiger charge is 2.18. The van der Waals surface area contributed by atoms with Crippen molar-refractivity contribution in [3.63, 3.8) is 0 Å². The monoisotopic (exact) mass is 413 g/mol. The van der Waals surface area contributed by atoms with E-state index < -0.39 is 0 Å². The lowest BCUT2D eigenvalue weighted by molar-refractivity contribution is 0.174. The number of hydrogen-bond acceptors (Lipinski definition) is 6. The quantitative estimate of drug-likeness (QED) is 0.460. The summed E-state index contributed by atoms with van der Waals surface area (Å²) >= 11 is 0. The second-order valence-electron chi connectivity index (χ2n) is 7.62. The highest BCUT2D eigenvalue weighted by Crippen LogP contribution is 2.36. The predicted molar refractivity (Wildman–Crippen MR) is 117 cm³/mol. The first-order chi connectivity index (χ1) is 15.2. The average molecular weight is 413 g/mol. The zero-order valence-electron chi connectivity index (χ0n) is 17.3. The third-order valence-electron chi connectivity index (χ3n) is 5.16. The van der Waals surface area contributed by atoms with E-state index in [2.05, 4.69) is 40.2 Å². The summed E-state index contributed by atoms with van der Waals surface area (Å²) in [5.74, 6) is 1.53. The van der Waals surface area contributed by atoms with Crippen LogP contribution in [0.15, 0.2) is 73.3 Å². The maximum Gasteiger partial charge on any atom is 0.231 e. The molecule has 5 rings (SSSR count). The Kier molecular flexibility index (Phi) is 5.33. The predicted octanol–water partition coefficient (Wildman–Crippen LogP) is 3.75. The molecule has 0 atom stereocenters. The van der Waals surface area contributed by atoms with Gasteiger partial charge in [0.15, 0.2) is 11.5 Å². The van der Waals surface area contributed by atoms with Gasteiger partial charge in [-0.25, -0.2) is 0 Å². The third kappa shape index (κ3) is 4.41. The molecule has 1 aliphatic rings. The Bertz CT molecular complexity index is 1160. The fraction of sp³-hybridized carbons (Fsp3) is 0.208. The van der Waals surface area contributed by atoms with E-state index in [-0.39, 0.29) is 6.79 Å². The summed E-state index contributed by atoms with van der Waals surface area (Å²) in [5, 5.41) is 4.93. The van der Waals surface area contributed by atoms with Crippen molar-refractivity contribution in [1.82, 2.24) is 24.6 Å². The lowest BCUT2D eigenvalue weighted by Crippen LogP contribution is -2.18. The SMILES string of the molecule is CN(Cc1cnccn1)Cc1cn(Cc2ccccc2)nc1-c1ccc2c(c1)OCO2. The molecular formula is C24H23N5O2. The van der Waals surface area contributed by atoms with Gasteiger partial charge >= 0.3 is 0 Å². The zero-order valence-corrected chi connectivity index (χ0v) is 17.3. The molecular weight excluding hydrogens is 390 g/mol. The van der Waals surface area contributed by atoms with Crippen LogP contribution in [0.3, 0.4) is 0 Å². The number of hydrogen-bond donors (Lipinski definition) is 0. The molecule has 0 saturated heterocycles. The fourth-order valence-electron chi connectivity index (χ4n) is 3.75. The molecule has 0 N–H and O–H groups in total. The van der Waals surface area contributed by atoms with E-state index in [9.17, 15) is 0 Å². The minimum atomic E-state index is 0.259. The largest absolute Gasteiger partial charge is 0.454 e. The summed E-state index contributed by atoms with van der Waals surface area (Å²) in [6.07, 6.45) is 7.34. The molecule has 0 spiro atoms. The smallest absolute Gasteiger partial charge is 0.231 e. The van der Waals surface area contributed by atoms with Crippen LogP contribution in [0.1, 0.15) is 16.8 Å². The van der Waals surface area contributed by atoms with Crippen LogP contribution in [0.2, 0.25) is 0 Å². The van der Waals surface area contributed by atoms with E-state index in [1.54, 1.807) is 18.6 Å². The van der Waals surface area contributed by atoms with Crippen molar-refractivity contribution in [3.8, 4) is 22.8 Å². The van der Waals surface area contributed by atoms with E-state index in [0.717, 1.165) is 40.6 Å². The first kappa shape index (κ1) is 19.3. The van der Waals surface area contributed by atoms with E-state index in [1.807, 2.05) is 41.1 Å². The van der Waals surface area contributed by atoms with Gasteiger partial charge in [-0.15, -0.1) is 0 Å². The average Bonchev–Trinajstić information content (AvgIpc) is 3.41. The van der Waals surface area contributed by atoms with Gasteiger partial charge in [-0.3, -0.25) is 19.5 Å². The molecule has 0 fully saturated rings. The molecule has 2 aromatic carbocycles. The van der Waals surface area contributed by atoms with Crippen LogP contribution < -0.4 is 9.47 Å². The van der Waals surface area contributed by atoms with Crippen molar-refractivity contribution in [1.29, 1.82) is 0 Å². The van der Waals surface area contributed by atoms with Crippen LogP contribution in [-0.4, -0.2) is 38.5 Å². The second-order valence-corrected chi connectivity index (χ2v) is 7.62. The molecule has 7 nitrogen and oxygen atoms in total. The Morgan fingerprint density at radius 2 is 1.87 bits per heavy atom. The molecule has 0 unspecified atom stereocenters.